The van der Waals surface area contributed by atoms with Crippen molar-refractivity contribution in [3.63, 3.8) is 0 Å². The number of hydrogen-bond acceptors (Lipinski definition) is 9. The number of carbonyl (C=O) groups excluding carboxylic acids is 2. The number of nitrogens with zero attached hydrogens (tertiary/aromatic N) is 2. The number of amides is 1. The van der Waals surface area contributed by atoms with Crippen molar-refractivity contribution in [1.29, 1.82) is 0 Å². The SMILES string of the molecule is CC(=O)c1cccc(NC(=O)Cc2ccc(C3O[C@H](CSc4nnc(C)s4)[C@H](C)[C@H](c4ccc(CO)cc4)O3)cc2)c1. The molecule has 0 radical (unpaired) electrons. The standard InChI is InChI=1S/C32H33N3O5S2/c1-19-28(18-41-32-35-34-21(3)42-32)39-31(40-30(19)24-11-9-23(17-36)10-12-24)25-13-7-22(8-14-25)15-29(38)33-27-6-4-5-26(16-27)20(2)37/h4-14,16,19,28,30-31,36H,15,17-18H2,1-3H3,(H,33,38)/t19-,28+,30+,31?/m0/s1. The highest BCUT2D eigenvalue weighted by Crippen LogP contribution is 2.43. The first-order valence-electron chi connectivity index (χ1n) is 13.7. The average Bonchev–Trinajstić information content (AvgIpc) is 3.42. The molecule has 0 saturated carbocycles. The molecule has 42 heavy (non-hydrogen) atoms. The largest absolute Gasteiger partial charge is 0.392 e. The lowest BCUT2D eigenvalue weighted by molar-refractivity contribution is -0.268. The molecule has 1 aliphatic heterocycles. The Labute approximate surface area is 253 Å². The fraction of sp³-hybridized carbons (Fsp3) is 0.312. The summed E-state index contributed by atoms with van der Waals surface area (Å²) >= 11 is 3.20. The van der Waals surface area contributed by atoms with Crippen molar-refractivity contribution in [3.8, 4) is 0 Å². The van der Waals surface area contributed by atoms with Gasteiger partial charge in [-0.2, -0.15) is 0 Å². The highest BCUT2D eigenvalue weighted by molar-refractivity contribution is 8.01. The second-order valence-corrected chi connectivity index (χ2v) is 12.8. The maximum absolute atomic E-state index is 12.7. The number of anilines is 1. The van der Waals surface area contributed by atoms with Crippen molar-refractivity contribution in [2.24, 2.45) is 5.92 Å². The molecule has 10 heteroatoms. The van der Waals surface area contributed by atoms with Gasteiger partial charge in [-0.15, -0.1) is 10.2 Å². The van der Waals surface area contributed by atoms with Crippen LogP contribution in [0.25, 0.3) is 0 Å². The summed E-state index contributed by atoms with van der Waals surface area (Å²) in [5.74, 6) is 0.540. The van der Waals surface area contributed by atoms with Crippen LogP contribution in [0.4, 0.5) is 5.69 Å². The van der Waals surface area contributed by atoms with Crippen LogP contribution in [0, 0.1) is 12.8 Å². The highest BCUT2D eigenvalue weighted by Gasteiger charge is 2.38. The van der Waals surface area contributed by atoms with Gasteiger partial charge in [0, 0.05) is 28.5 Å². The lowest BCUT2D eigenvalue weighted by Gasteiger charge is -2.41. The van der Waals surface area contributed by atoms with Gasteiger partial charge in [-0.25, -0.2) is 0 Å². The van der Waals surface area contributed by atoms with Gasteiger partial charge in [-0.05, 0) is 42.7 Å². The molecule has 218 valence electrons. The van der Waals surface area contributed by atoms with Crippen molar-refractivity contribution in [1.82, 2.24) is 10.2 Å². The van der Waals surface area contributed by atoms with Gasteiger partial charge in [0.05, 0.1) is 25.2 Å². The maximum Gasteiger partial charge on any atom is 0.228 e. The minimum absolute atomic E-state index is 0.0111. The Morgan fingerprint density at radius 2 is 1.69 bits per heavy atom. The minimum atomic E-state index is -0.595. The highest BCUT2D eigenvalue weighted by atomic mass is 32.2. The molecule has 1 unspecified atom stereocenters. The number of Topliss-reactive ketones (excluding diaryl/α,β-unsaturated/α-hetero) is 1. The molecule has 4 atom stereocenters. The van der Waals surface area contributed by atoms with Crippen molar-refractivity contribution in [3.05, 3.63) is 106 Å². The van der Waals surface area contributed by atoms with Crippen LogP contribution in [0.1, 0.15) is 63.9 Å². The van der Waals surface area contributed by atoms with E-state index in [0.717, 1.165) is 31.6 Å². The van der Waals surface area contributed by atoms with E-state index < -0.39 is 6.29 Å². The van der Waals surface area contributed by atoms with Gasteiger partial charge in [-0.3, -0.25) is 9.59 Å². The van der Waals surface area contributed by atoms with Crippen LogP contribution >= 0.6 is 23.1 Å². The zero-order chi connectivity index (χ0) is 29.6. The minimum Gasteiger partial charge on any atom is -0.392 e. The molecule has 0 spiro atoms. The number of rotatable bonds is 10. The van der Waals surface area contributed by atoms with Gasteiger partial charge in [0.2, 0.25) is 5.91 Å². The molecule has 1 saturated heterocycles. The van der Waals surface area contributed by atoms with Gasteiger partial charge in [0.15, 0.2) is 16.4 Å². The second kappa shape index (κ2) is 13.7. The molecule has 2 N–H and O–H groups in total. The Bertz CT molecular complexity index is 1520. The Morgan fingerprint density at radius 1 is 0.976 bits per heavy atom. The van der Waals surface area contributed by atoms with Crippen LogP contribution in [0.2, 0.25) is 0 Å². The summed E-state index contributed by atoms with van der Waals surface area (Å²) in [5.41, 5.74) is 4.72. The fourth-order valence-corrected chi connectivity index (χ4v) is 6.80. The van der Waals surface area contributed by atoms with Crippen molar-refractivity contribution < 1.29 is 24.2 Å². The normalized spacial score (nSPS) is 20.3. The van der Waals surface area contributed by atoms with Gasteiger partial charge >= 0.3 is 0 Å². The molecule has 5 rings (SSSR count). The predicted octanol–water partition coefficient (Wildman–Crippen LogP) is 6.31. The fourth-order valence-electron chi connectivity index (χ4n) is 4.80. The molecule has 1 aromatic heterocycles. The summed E-state index contributed by atoms with van der Waals surface area (Å²) in [5, 5.41) is 21.6. The van der Waals surface area contributed by atoms with E-state index in [4.69, 9.17) is 9.47 Å². The molecule has 4 aromatic rings. The van der Waals surface area contributed by atoms with E-state index in [1.807, 2.05) is 55.5 Å². The topological polar surface area (TPSA) is 111 Å². The lowest BCUT2D eigenvalue weighted by Crippen LogP contribution is -2.38. The quantitative estimate of drug-likeness (QED) is 0.160. The number of thioether (sulfide) groups is 1. The van der Waals surface area contributed by atoms with E-state index in [9.17, 15) is 14.7 Å². The summed E-state index contributed by atoms with van der Waals surface area (Å²) in [6.07, 6.45) is -0.734. The molecule has 0 aliphatic carbocycles. The summed E-state index contributed by atoms with van der Waals surface area (Å²) in [7, 11) is 0. The number of carbonyl (C=O) groups is 2. The smallest absolute Gasteiger partial charge is 0.228 e. The maximum atomic E-state index is 12.7. The third-order valence-corrected chi connectivity index (χ3v) is 9.23. The number of ketones is 1. The number of ether oxygens (including phenoxy) is 2. The van der Waals surface area contributed by atoms with Crippen molar-refractivity contribution >= 4 is 40.5 Å². The molecule has 1 aliphatic rings. The van der Waals surface area contributed by atoms with Crippen molar-refractivity contribution in [2.45, 2.75) is 56.6 Å². The number of nitrogens with one attached hydrogen (secondary N) is 1. The van der Waals surface area contributed by atoms with E-state index in [2.05, 4.69) is 22.4 Å². The van der Waals surface area contributed by atoms with Crippen LogP contribution in [0.15, 0.2) is 77.1 Å². The van der Waals surface area contributed by atoms with E-state index >= 15 is 0 Å². The molecule has 0 bridgehead atoms. The van der Waals surface area contributed by atoms with Crippen LogP contribution in [-0.2, 0) is 27.3 Å². The molecule has 3 aromatic carbocycles. The van der Waals surface area contributed by atoms with Crippen LogP contribution < -0.4 is 5.32 Å². The van der Waals surface area contributed by atoms with Gasteiger partial charge in [-0.1, -0.05) is 90.7 Å². The first-order valence-corrected chi connectivity index (χ1v) is 15.5. The summed E-state index contributed by atoms with van der Waals surface area (Å²) < 4.78 is 14.0. The second-order valence-electron chi connectivity index (χ2n) is 10.3. The number of aliphatic hydroxyl groups is 1. The number of aliphatic hydroxyl groups excluding tert-OH is 1. The van der Waals surface area contributed by atoms with Crippen molar-refractivity contribution in [2.75, 3.05) is 11.1 Å². The number of benzene rings is 3. The first kappa shape index (κ1) is 30.1. The Balaban J connectivity index is 1.29. The first-order chi connectivity index (χ1) is 20.3. The third-order valence-electron chi connectivity index (χ3n) is 7.17. The van der Waals surface area contributed by atoms with Crippen LogP contribution in [-0.4, -0.2) is 38.9 Å². The van der Waals surface area contributed by atoms with Crippen LogP contribution in [0.5, 0.6) is 0 Å². The summed E-state index contributed by atoms with van der Waals surface area (Å²) in [6.45, 7) is 5.56. The zero-order valence-electron chi connectivity index (χ0n) is 23.7. The van der Waals surface area contributed by atoms with E-state index in [1.54, 1.807) is 47.4 Å². The van der Waals surface area contributed by atoms with E-state index in [-0.39, 0.29) is 42.8 Å². The average molecular weight is 604 g/mol. The Morgan fingerprint density at radius 3 is 2.36 bits per heavy atom. The van der Waals surface area contributed by atoms with Crippen LogP contribution in [0.3, 0.4) is 0 Å². The monoisotopic (exact) mass is 603 g/mol. The number of aromatic nitrogens is 2. The lowest BCUT2D eigenvalue weighted by atomic mass is 9.91. The molecular weight excluding hydrogens is 571 g/mol. The number of aryl methyl sites for hydroxylation is 1. The predicted molar refractivity (Wildman–Crippen MR) is 164 cm³/mol. The van der Waals surface area contributed by atoms with E-state index in [1.165, 1.54) is 6.92 Å². The van der Waals surface area contributed by atoms with Gasteiger partial charge in [0.1, 0.15) is 5.01 Å². The summed E-state index contributed by atoms with van der Waals surface area (Å²) in [4.78, 5) is 24.3. The zero-order valence-corrected chi connectivity index (χ0v) is 25.3. The molecule has 1 amide bonds. The molecular formula is C32H33N3O5S2. The van der Waals surface area contributed by atoms with Gasteiger partial charge in [0.25, 0.3) is 0 Å². The third kappa shape index (κ3) is 7.50. The number of hydrogen-bond donors (Lipinski definition) is 2. The Hall–Kier alpha value is -3.41. The van der Waals surface area contributed by atoms with Gasteiger partial charge < -0.3 is 19.9 Å². The Kier molecular flexibility index (Phi) is 9.81. The molecule has 1 fully saturated rings. The molecule has 2 heterocycles. The summed E-state index contributed by atoms with van der Waals surface area (Å²) in [6, 6.07) is 22.4. The van der Waals surface area contributed by atoms with E-state index in [0.29, 0.717) is 17.0 Å². The molecule has 8 nitrogen and oxygen atoms in total.